The maximum Gasteiger partial charge on any atom is 0.228 e. The van der Waals surface area contributed by atoms with E-state index >= 15 is 0 Å². The lowest BCUT2D eigenvalue weighted by molar-refractivity contribution is -0.115. The third-order valence-electron chi connectivity index (χ3n) is 4.33. The maximum absolute atomic E-state index is 12.3. The fourth-order valence-electron chi connectivity index (χ4n) is 2.85. The van der Waals surface area contributed by atoms with Crippen molar-refractivity contribution in [2.45, 2.75) is 13.3 Å². The van der Waals surface area contributed by atoms with Crippen molar-refractivity contribution in [3.05, 3.63) is 77.9 Å². The Morgan fingerprint density at radius 1 is 0.857 bits per heavy atom. The van der Waals surface area contributed by atoms with Crippen molar-refractivity contribution in [1.82, 2.24) is 0 Å². The van der Waals surface area contributed by atoms with Gasteiger partial charge in [0.15, 0.2) is 0 Å². The van der Waals surface area contributed by atoms with Crippen LogP contribution >= 0.6 is 0 Å². The number of aryl methyl sites for hydroxylation is 1. The molecule has 0 spiro atoms. The van der Waals surface area contributed by atoms with Crippen LogP contribution in [-0.4, -0.2) is 20.1 Å². The number of amides is 1. The predicted molar refractivity (Wildman–Crippen MR) is 113 cm³/mol. The first-order chi connectivity index (χ1) is 13.6. The van der Waals surface area contributed by atoms with E-state index in [2.05, 4.69) is 10.6 Å². The number of carbonyl (C=O) groups is 1. The molecule has 0 fully saturated rings. The van der Waals surface area contributed by atoms with Gasteiger partial charge < -0.3 is 20.1 Å². The number of rotatable bonds is 7. The zero-order valence-corrected chi connectivity index (χ0v) is 16.3. The molecule has 0 bridgehead atoms. The molecule has 28 heavy (non-hydrogen) atoms. The van der Waals surface area contributed by atoms with Gasteiger partial charge in [-0.05, 0) is 66.6 Å². The van der Waals surface area contributed by atoms with Crippen molar-refractivity contribution < 1.29 is 14.3 Å². The van der Waals surface area contributed by atoms with Crippen LogP contribution in [0.25, 0.3) is 0 Å². The van der Waals surface area contributed by atoms with E-state index in [0.29, 0.717) is 6.42 Å². The highest BCUT2D eigenvalue weighted by Crippen LogP contribution is 2.29. The molecule has 0 saturated heterocycles. The molecule has 3 aromatic carbocycles. The summed E-state index contributed by atoms with van der Waals surface area (Å²) >= 11 is 0. The smallest absolute Gasteiger partial charge is 0.228 e. The van der Waals surface area contributed by atoms with Gasteiger partial charge in [0, 0.05) is 11.4 Å². The molecular weight excluding hydrogens is 352 g/mol. The zero-order valence-electron chi connectivity index (χ0n) is 16.3. The minimum atomic E-state index is -0.0637. The number of ether oxygens (including phenoxy) is 2. The lowest BCUT2D eigenvalue weighted by Gasteiger charge is -2.13. The van der Waals surface area contributed by atoms with E-state index in [1.165, 1.54) is 0 Å². The van der Waals surface area contributed by atoms with Gasteiger partial charge in [0.1, 0.15) is 11.5 Å². The predicted octanol–water partition coefficient (Wildman–Crippen LogP) is 4.94. The topological polar surface area (TPSA) is 59.6 Å². The van der Waals surface area contributed by atoms with E-state index in [0.717, 1.165) is 39.7 Å². The summed E-state index contributed by atoms with van der Waals surface area (Å²) < 4.78 is 10.5. The van der Waals surface area contributed by atoms with Gasteiger partial charge in [-0.15, -0.1) is 0 Å². The Kier molecular flexibility index (Phi) is 6.17. The molecule has 0 saturated carbocycles. The van der Waals surface area contributed by atoms with Gasteiger partial charge in [-0.1, -0.05) is 18.2 Å². The molecule has 0 aromatic heterocycles. The quantitative estimate of drug-likeness (QED) is 0.613. The summed E-state index contributed by atoms with van der Waals surface area (Å²) in [4.78, 5) is 12.3. The fourth-order valence-corrected chi connectivity index (χ4v) is 2.85. The summed E-state index contributed by atoms with van der Waals surface area (Å²) in [5.41, 5.74) is 4.64. The van der Waals surface area contributed by atoms with Crippen LogP contribution in [0.4, 0.5) is 17.1 Å². The second-order valence-electron chi connectivity index (χ2n) is 6.48. The molecule has 0 heterocycles. The van der Waals surface area contributed by atoms with Gasteiger partial charge in [-0.25, -0.2) is 0 Å². The molecule has 3 rings (SSSR count). The van der Waals surface area contributed by atoms with E-state index in [-0.39, 0.29) is 5.91 Å². The summed E-state index contributed by atoms with van der Waals surface area (Å²) in [5, 5.41) is 6.26. The first-order valence-electron chi connectivity index (χ1n) is 9.02. The van der Waals surface area contributed by atoms with E-state index in [9.17, 15) is 4.79 Å². The Bertz CT molecular complexity index is 935. The molecule has 2 N–H and O–H groups in total. The van der Waals surface area contributed by atoms with Crippen LogP contribution in [-0.2, 0) is 11.2 Å². The van der Waals surface area contributed by atoms with Gasteiger partial charge in [0.2, 0.25) is 5.91 Å². The fraction of sp³-hybridized carbons (Fsp3) is 0.174. The highest BCUT2D eigenvalue weighted by Gasteiger charge is 2.06. The summed E-state index contributed by atoms with van der Waals surface area (Å²) in [6, 6.07) is 21.0. The minimum absolute atomic E-state index is 0.0637. The van der Waals surface area contributed by atoms with Crippen LogP contribution in [0.15, 0.2) is 66.7 Å². The molecule has 0 unspecified atom stereocenters. The SMILES string of the molecule is COc1ccc(CC(=O)Nc2ccc(Nc3cc(C)ccc3OC)cc2)cc1. The first kappa shape index (κ1) is 19.3. The van der Waals surface area contributed by atoms with Crippen LogP contribution in [0.1, 0.15) is 11.1 Å². The molecule has 5 nitrogen and oxygen atoms in total. The Morgan fingerprint density at radius 2 is 1.54 bits per heavy atom. The molecule has 0 atom stereocenters. The van der Waals surface area contributed by atoms with Gasteiger partial charge in [-0.2, -0.15) is 0 Å². The van der Waals surface area contributed by atoms with Crippen LogP contribution in [0.5, 0.6) is 11.5 Å². The third-order valence-corrected chi connectivity index (χ3v) is 4.33. The molecular formula is C23H24N2O3. The molecule has 5 heteroatoms. The number of hydrogen-bond donors (Lipinski definition) is 2. The number of benzene rings is 3. The zero-order chi connectivity index (χ0) is 19.9. The van der Waals surface area contributed by atoms with Gasteiger partial charge in [0.25, 0.3) is 0 Å². The molecule has 0 aliphatic rings. The van der Waals surface area contributed by atoms with Crippen molar-refractivity contribution in [2.24, 2.45) is 0 Å². The molecule has 1 amide bonds. The number of nitrogens with one attached hydrogen (secondary N) is 2. The second-order valence-corrected chi connectivity index (χ2v) is 6.48. The minimum Gasteiger partial charge on any atom is -0.497 e. The first-order valence-corrected chi connectivity index (χ1v) is 9.02. The van der Waals surface area contributed by atoms with Crippen molar-refractivity contribution in [3.8, 4) is 11.5 Å². The van der Waals surface area contributed by atoms with Crippen LogP contribution in [0, 0.1) is 6.92 Å². The lowest BCUT2D eigenvalue weighted by Crippen LogP contribution is -2.14. The molecule has 0 aliphatic heterocycles. The summed E-state index contributed by atoms with van der Waals surface area (Å²) in [7, 11) is 3.27. The largest absolute Gasteiger partial charge is 0.497 e. The van der Waals surface area contributed by atoms with E-state index in [4.69, 9.17) is 9.47 Å². The summed E-state index contributed by atoms with van der Waals surface area (Å²) in [6.45, 7) is 2.03. The number of anilines is 3. The van der Waals surface area contributed by atoms with Gasteiger partial charge in [0.05, 0.1) is 26.3 Å². The molecule has 144 valence electrons. The normalized spacial score (nSPS) is 10.2. The van der Waals surface area contributed by atoms with Crippen LogP contribution in [0.2, 0.25) is 0 Å². The molecule has 3 aromatic rings. The Morgan fingerprint density at radius 3 is 2.18 bits per heavy atom. The highest BCUT2D eigenvalue weighted by atomic mass is 16.5. The van der Waals surface area contributed by atoms with Crippen LogP contribution < -0.4 is 20.1 Å². The summed E-state index contributed by atoms with van der Waals surface area (Å²) in [5.74, 6) is 1.49. The third kappa shape index (κ3) is 5.04. The van der Waals surface area contributed by atoms with Crippen molar-refractivity contribution >= 4 is 23.0 Å². The monoisotopic (exact) mass is 376 g/mol. The van der Waals surface area contributed by atoms with Crippen LogP contribution in [0.3, 0.4) is 0 Å². The number of methoxy groups -OCH3 is 2. The molecule has 0 radical (unpaired) electrons. The average Bonchev–Trinajstić information content (AvgIpc) is 2.70. The Balaban J connectivity index is 1.61. The second kappa shape index (κ2) is 8.95. The Labute approximate surface area is 165 Å². The Hall–Kier alpha value is -3.47. The van der Waals surface area contributed by atoms with E-state index < -0.39 is 0 Å². The standard InChI is InChI=1S/C23H24N2O3/c1-16-4-13-22(28-3)21(14-16)24-18-7-9-19(10-8-18)25-23(26)15-17-5-11-20(27-2)12-6-17/h4-14,24H,15H2,1-3H3,(H,25,26). The summed E-state index contributed by atoms with van der Waals surface area (Å²) in [6.07, 6.45) is 0.310. The van der Waals surface area contributed by atoms with Crippen molar-refractivity contribution in [1.29, 1.82) is 0 Å². The maximum atomic E-state index is 12.3. The number of carbonyl (C=O) groups excluding carboxylic acids is 1. The highest BCUT2D eigenvalue weighted by molar-refractivity contribution is 5.92. The van der Waals surface area contributed by atoms with E-state index in [1.807, 2.05) is 73.7 Å². The van der Waals surface area contributed by atoms with Gasteiger partial charge >= 0.3 is 0 Å². The lowest BCUT2D eigenvalue weighted by atomic mass is 10.1. The average molecular weight is 376 g/mol. The molecule has 0 aliphatic carbocycles. The van der Waals surface area contributed by atoms with Gasteiger partial charge in [-0.3, -0.25) is 4.79 Å². The van der Waals surface area contributed by atoms with E-state index in [1.54, 1.807) is 14.2 Å². The number of hydrogen-bond acceptors (Lipinski definition) is 4. The van der Waals surface area contributed by atoms with Crippen molar-refractivity contribution in [2.75, 3.05) is 24.9 Å². The van der Waals surface area contributed by atoms with Crippen molar-refractivity contribution in [3.63, 3.8) is 0 Å².